The molecule has 0 spiro atoms. The number of aliphatic hydroxyl groups is 2. The molecular formula is C28H32F4N2O4. The van der Waals surface area contributed by atoms with Gasteiger partial charge in [-0.1, -0.05) is 0 Å². The lowest BCUT2D eigenvalue weighted by atomic mass is 9.74. The first-order chi connectivity index (χ1) is 18.3. The molecule has 2 heterocycles. The number of ether oxygens (including phenoxy) is 2. The van der Waals surface area contributed by atoms with Gasteiger partial charge in [0.2, 0.25) is 5.82 Å². The maximum absolute atomic E-state index is 13.8. The van der Waals surface area contributed by atoms with Crippen molar-refractivity contribution in [3.8, 4) is 11.5 Å². The highest BCUT2D eigenvalue weighted by Gasteiger charge is 2.35. The first kappa shape index (κ1) is 28.1. The number of aliphatic hydroxyl groups excluding tert-OH is 2. The maximum Gasteiger partial charge on any atom is 0.200 e. The molecule has 38 heavy (non-hydrogen) atoms. The summed E-state index contributed by atoms with van der Waals surface area (Å²) in [5, 5.41) is 22.0. The summed E-state index contributed by atoms with van der Waals surface area (Å²) < 4.78 is 64.8. The Morgan fingerprint density at radius 2 is 1.89 bits per heavy atom. The van der Waals surface area contributed by atoms with Gasteiger partial charge in [0.15, 0.2) is 11.6 Å². The van der Waals surface area contributed by atoms with Gasteiger partial charge in [-0.2, -0.15) is 4.39 Å². The predicted molar refractivity (Wildman–Crippen MR) is 134 cm³/mol. The zero-order chi connectivity index (χ0) is 27.3. The van der Waals surface area contributed by atoms with Crippen LogP contribution in [0.1, 0.15) is 42.9 Å². The summed E-state index contributed by atoms with van der Waals surface area (Å²) in [7, 11) is 1.53. The average Bonchev–Trinajstić information content (AvgIpc) is 2.94. The van der Waals surface area contributed by atoms with Crippen LogP contribution in [0.25, 0.3) is 10.9 Å². The smallest absolute Gasteiger partial charge is 0.200 e. The van der Waals surface area contributed by atoms with Gasteiger partial charge in [0.1, 0.15) is 24.8 Å². The van der Waals surface area contributed by atoms with Crippen molar-refractivity contribution >= 4 is 10.9 Å². The predicted octanol–water partition coefficient (Wildman–Crippen LogP) is 5.10. The number of hydrogen-bond donors (Lipinski definition) is 2. The normalized spacial score (nSPS) is 16.5. The van der Waals surface area contributed by atoms with Crippen LogP contribution in [-0.2, 0) is 6.67 Å². The Hall–Kier alpha value is -2.95. The summed E-state index contributed by atoms with van der Waals surface area (Å²) in [4.78, 5) is 6.37. The van der Waals surface area contributed by atoms with Crippen LogP contribution in [0.2, 0.25) is 0 Å². The van der Waals surface area contributed by atoms with Crippen LogP contribution in [0, 0.1) is 22.9 Å². The zero-order valence-electron chi connectivity index (χ0n) is 21.2. The fraction of sp³-hybridized carbons (Fsp3) is 0.464. The third-order valence-electron chi connectivity index (χ3n) is 7.50. The number of rotatable bonds is 11. The molecule has 1 atom stereocenters. The molecule has 0 amide bonds. The van der Waals surface area contributed by atoms with Crippen molar-refractivity contribution in [3.63, 3.8) is 0 Å². The number of nitrogens with zero attached hydrogens (tertiary/aromatic N) is 2. The van der Waals surface area contributed by atoms with E-state index in [0.29, 0.717) is 79.2 Å². The molecule has 0 saturated carbocycles. The molecular weight excluding hydrogens is 504 g/mol. The van der Waals surface area contributed by atoms with Crippen LogP contribution in [0.15, 0.2) is 36.5 Å². The second kappa shape index (κ2) is 12.3. The van der Waals surface area contributed by atoms with E-state index in [2.05, 4.69) is 9.88 Å². The molecule has 0 unspecified atom stereocenters. The molecule has 0 bridgehead atoms. The SMILES string of the molecule is COc1ccc2ncc(CF)c([C@@H](O)CCC3(CO)CCN(CCOc4cc(F)cc(F)c4F)CC3)c2c1. The minimum atomic E-state index is -1.30. The summed E-state index contributed by atoms with van der Waals surface area (Å²) in [6.45, 7) is 0.914. The number of alkyl halides is 1. The van der Waals surface area contributed by atoms with Crippen LogP contribution in [0.4, 0.5) is 17.6 Å². The third kappa shape index (κ3) is 6.19. The van der Waals surface area contributed by atoms with Crippen LogP contribution < -0.4 is 9.47 Å². The average molecular weight is 537 g/mol. The van der Waals surface area contributed by atoms with E-state index in [0.717, 1.165) is 6.07 Å². The Bertz CT molecular complexity index is 1250. The summed E-state index contributed by atoms with van der Waals surface area (Å²) >= 11 is 0. The van der Waals surface area contributed by atoms with Crippen molar-refractivity contribution in [2.75, 3.05) is 40.0 Å². The van der Waals surface area contributed by atoms with Crippen molar-refractivity contribution in [3.05, 3.63) is 65.1 Å². The number of fused-ring (bicyclic) bond motifs is 1. The van der Waals surface area contributed by atoms with Crippen LogP contribution in [0.3, 0.4) is 0 Å². The third-order valence-corrected chi connectivity index (χ3v) is 7.50. The number of pyridine rings is 1. The summed E-state index contributed by atoms with van der Waals surface area (Å²) in [5.74, 6) is -3.32. The van der Waals surface area contributed by atoms with E-state index < -0.39 is 41.4 Å². The van der Waals surface area contributed by atoms with E-state index in [1.165, 1.54) is 13.3 Å². The highest BCUT2D eigenvalue weighted by atomic mass is 19.2. The van der Waals surface area contributed by atoms with Gasteiger partial charge < -0.3 is 19.7 Å². The number of hydrogen-bond acceptors (Lipinski definition) is 6. The molecule has 206 valence electrons. The lowest BCUT2D eigenvalue weighted by molar-refractivity contribution is 0.0202. The second-order valence-corrected chi connectivity index (χ2v) is 9.82. The molecule has 1 saturated heterocycles. The van der Waals surface area contributed by atoms with Gasteiger partial charge in [-0.25, -0.2) is 13.2 Å². The quantitative estimate of drug-likeness (QED) is 0.263. The van der Waals surface area contributed by atoms with E-state index in [-0.39, 0.29) is 13.2 Å². The summed E-state index contributed by atoms with van der Waals surface area (Å²) in [6.07, 6.45) is 2.66. The fourth-order valence-electron chi connectivity index (χ4n) is 5.11. The maximum atomic E-state index is 13.8. The molecule has 2 N–H and O–H groups in total. The number of piperidine rings is 1. The molecule has 4 rings (SSSR count). The number of methoxy groups -OCH3 is 1. The van der Waals surface area contributed by atoms with E-state index in [1.54, 1.807) is 18.2 Å². The Balaban J connectivity index is 1.35. The Morgan fingerprint density at radius 3 is 2.58 bits per heavy atom. The van der Waals surface area contributed by atoms with Gasteiger partial charge in [0, 0.05) is 42.4 Å². The number of benzene rings is 2. The molecule has 0 radical (unpaired) electrons. The molecule has 6 nitrogen and oxygen atoms in total. The van der Waals surface area contributed by atoms with Crippen LogP contribution >= 0.6 is 0 Å². The van der Waals surface area contributed by atoms with Crippen LogP contribution in [-0.4, -0.2) is 60.1 Å². The lowest BCUT2D eigenvalue weighted by Gasteiger charge is -2.41. The van der Waals surface area contributed by atoms with Gasteiger partial charge >= 0.3 is 0 Å². The summed E-state index contributed by atoms with van der Waals surface area (Å²) in [6, 6.07) is 6.54. The van der Waals surface area contributed by atoms with E-state index in [9.17, 15) is 27.8 Å². The molecule has 1 aliphatic rings. The number of aromatic nitrogens is 1. The number of likely N-dealkylation sites (tertiary alicyclic amines) is 1. The first-order valence-electron chi connectivity index (χ1n) is 12.6. The Morgan fingerprint density at radius 1 is 1.13 bits per heavy atom. The lowest BCUT2D eigenvalue weighted by Crippen LogP contribution is -2.43. The molecule has 1 aliphatic heterocycles. The topological polar surface area (TPSA) is 75.0 Å². The number of halogens is 4. The standard InChI is InChI=1S/C28H32F4N2O4/c1-37-20-2-3-23-21(14-20)26(18(15-29)16-33-23)24(36)4-5-28(17-35)6-8-34(9-7-28)10-11-38-25-13-19(30)12-22(31)27(25)32/h2-3,12-14,16,24,35-36H,4-11,15,17H2,1H3/t24-/m0/s1. The molecule has 10 heteroatoms. The monoisotopic (exact) mass is 536 g/mol. The Kier molecular flexibility index (Phi) is 9.07. The summed E-state index contributed by atoms with van der Waals surface area (Å²) in [5.41, 5.74) is 1.03. The largest absolute Gasteiger partial charge is 0.497 e. The minimum Gasteiger partial charge on any atom is -0.497 e. The molecule has 0 aliphatic carbocycles. The molecule has 1 aromatic heterocycles. The van der Waals surface area contributed by atoms with Crippen molar-refractivity contribution in [2.24, 2.45) is 5.41 Å². The molecule has 1 fully saturated rings. The van der Waals surface area contributed by atoms with Crippen molar-refractivity contribution in [1.82, 2.24) is 9.88 Å². The van der Waals surface area contributed by atoms with Gasteiger partial charge in [0.25, 0.3) is 0 Å². The van der Waals surface area contributed by atoms with Crippen molar-refractivity contribution in [1.29, 1.82) is 0 Å². The first-order valence-corrected chi connectivity index (χ1v) is 12.6. The van der Waals surface area contributed by atoms with Gasteiger partial charge in [-0.3, -0.25) is 9.88 Å². The van der Waals surface area contributed by atoms with E-state index in [4.69, 9.17) is 9.47 Å². The van der Waals surface area contributed by atoms with Gasteiger partial charge in [0.05, 0.1) is 18.7 Å². The van der Waals surface area contributed by atoms with Crippen molar-refractivity contribution < 1.29 is 37.2 Å². The fourth-order valence-corrected chi connectivity index (χ4v) is 5.11. The molecule has 3 aromatic rings. The van der Waals surface area contributed by atoms with Gasteiger partial charge in [-0.05, 0) is 68.0 Å². The van der Waals surface area contributed by atoms with E-state index in [1.807, 2.05) is 0 Å². The highest BCUT2D eigenvalue weighted by molar-refractivity contribution is 5.85. The molecule has 2 aromatic carbocycles. The zero-order valence-corrected chi connectivity index (χ0v) is 21.2. The highest BCUT2D eigenvalue weighted by Crippen LogP contribution is 2.40. The van der Waals surface area contributed by atoms with Crippen molar-refractivity contribution in [2.45, 2.75) is 38.5 Å². The van der Waals surface area contributed by atoms with Crippen LogP contribution in [0.5, 0.6) is 11.5 Å². The second-order valence-electron chi connectivity index (χ2n) is 9.82. The Labute approximate surface area is 218 Å². The minimum absolute atomic E-state index is 0.0508. The van der Waals surface area contributed by atoms with E-state index >= 15 is 0 Å². The van der Waals surface area contributed by atoms with Gasteiger partial charge in [-0.15, -0.1) is 0 Å².